The van der Waals surface area contributed by atoms with Crippen molar-refractivity contribution < 1.29 is 19.4 Å². The molecule has 0 atom stereocenters. The fourth-order valence-corrected chi connectivity index (χ4v) is 2.47. The molecule has 2 N–H and O–H groups in total. The van der Waals surface area contributed by atoms with Crippen LogP contribution < -0.4 is 5.32 Å². The van der Waals surface area contributed by atoms with Crippen molar-refractivity contribution in [3.8, 4) is 0 Å². The van der Waals surface area contributed by atoms with Gasteiger partial charge in [-0.05, 0) is 37.0 Å². The predicted octanol–water partition coefficient (Wildman–Crippen LogP) is 1.96. The lowest BCUT2D eigenvalue weighted by Gasteiger charge is -2.41. The third kappa shape index (κ3) is 3.36. The van der Waals surface area contributed by atoms with E-state index in [-0.39, 0.29) is 12.3 Å². The highest BCUT2D eigenvalue weighted by Gasteiger charge is 2.40. The third-order valence-electron chi connectivity index (χ3n) is 3.71. The lowest BCUT2D eigenvalue weighted by Crippen LogP contribution is -2.54. The quantitative estimate of drug-likeness (QED) is 0.833. The zero-order valence-corrected chi connectivity index (χ0v) is 11.5. The molecule has 0 heterocycles. The number of methoxy groups -OCH3 is 1. The summed E-state index contributed by atoms with van der Waals surface area (Å²) in [6, 6.07) is 7.14. The Labute approximate surface area is 117 Å². The summed E-state index contributed by atoms with van der Waals surface area (Å²) in [6.07, 6.45) is 2.40. The van der Waals surface area contributed by atoms with Gasteiger partial charge < -0.3 is 15.2 Å². The Bertz CT molecular complexity index is 491. The van der Waals surface area contributed by atoms with Crippen molar-refractivity contribution in [2.45, 2.75) is 37.8 Å². The van der Waals surface area contributed by atoms with E-state index in [2.05, 4.69) is 5.32 Å². The maximum atomic E-state index is 12.2. The van der Waals surface area contributed by atoms with Crippen molar-refractivity contribution >= 4 is 11.9 Å². The highest BCUT2D eigenvalue weighted by molar-refractivity contribution is 5.95. The third-order valence-corrected chi connectivity index (χ3v) is 3.71. The highest BCUT2D eigenvalue weighted by atomic mass is 16.5. The Hall–Kier alpha value is -1.88. The number of amides is 1. The summed E-state index contributed by atoms with van der Waals surface area (Å²) < 4.78 is 5.01. The molecule has 1 aromatic carbocycles. The molecule has 0 saturated heterocycles. The molecule has 0 aliphatic heterocycles. The molecule has 1 saturated carbocycles. The van der Waals surface area contributed by atoms with Crippen molar-refractivity contribution in [3.63, 3.8) is 0 Å². The molecule has 108 valence electrons. The van der Waals surface area contributed by atoms with Gasteiger partial charge in [0.15, 0.2) is 0 Å². The minimum Gasteiger partial charge on any atom is -0.481 e. The number of hydrogen-bond donors (Lipinski definition) is 2. The van der Waals surface area contributed by atoms with Crippen LogP contribution in [0.15, 0.2) is 24.3 Å². The van der Waals surface area contributed by atoms with Gasteiger partial charge in [-0.25, -0.2) is 0 Å². The van der Waals surface area contributed by atoms with E-state index < -0.39 is 11.5 Å². The van der Waals surface area contributed by atoms with Crippen LogP contribution in [0.3, 0.4) is 0 Å². The second kappa shape index (κ2) is 6.05. The van der Waals surface area contributed by atoms with E-state index >= 15 is 0 Å². The van der Waals surface area contributed by atoms with Gasteiger partial charge in [-0.3, -0.25) is 9.59 Å². The molecular formula is C15H19NO4. The average molecular weight is 277 g/mol. The van der Waals surface area contributed by atoms with Gasteiger partial charge >= 0.3 is 5.97 Å². The van der Waals surface area contributed by atoms with E-state index in [1.54, 1.807) is 19.2 Å². The lowest BCUT2D eigenvalue weighted by atomic mass is 9.74. The average Bonchev–Trinajstić information content (AvgIpc) is 2.36. The Balaban J connectivity index is 2.01. The molecule has 5 heteroatoms. The second-order valence-corrected chi connectivity index (χ2v) is 5.29. The molecular weight excluding hydrogens is 258 g/mol. The Morgan fingerprint density at radius 3 is 2.40 bits per heavy atom. The van der Waals surface area contributed by atoms with Gasteiger partial charge in [-0.1, -0.05) is 12.1 Å². The molecule has 20 heavy (non-hydrogen) atoms. The van der Waals surface area contributed by atoms with Crippen molar-refractivity contribution in [1.29, 1.82) is 0 Å². The van der Waals surface area contributed by atoms with Crippen molar-refractivity contribution in [2.24, 2.45) is 0 Å². The minimum absolute atomic E-state index is 0.0134. The summed E-state index contributed by atoms with van der Waals surface area (Å²) in [4.78, 5) is 23.0. The fraction of sp³-hybridized carbons (Fsp3) is 0.467. The molecule has 2 rings (SSSR count). The van der Waals surface area contributed by atoms with Gasteiger partial charge in [0.05, 0.1) is 18.6 Å². The normalized spacial score (nSPS) is 16.2. The highest BCUT2D eigenvalue weighted by Crippen LogP contribution is 2.35. The van der Waals surface area contributed by atoms with Gasteiger partial charge in [0, 0.05) is 12.7 Å². The lowest BCUT2D eigenvalue weighted by molar-refractivity contribution is -0.139. The van der Waals surface area contributed by atoms with E-state index in [9.17, 15) is 9.59 Å². The number of rotatable bonds is 6. The number of carbonyl (C=O) groups excluding carboxylic acids is 1. The van der Waals surface area contributed by atoms with Crippen LogP contribution in [0, 0.1) is 0 Å². The van der Waals surface area contributed by atoms with Gasteiger partial charge in [0.25, 0.3) is 5.91 Å². The van der Waals surface area contributed by atoms with Crippen LogP contribution in [-0.4, -0.2) is 29.6 Å². The monoisotopic (exact) mass is 277 g/mol. The first kappa shape index (κ1) is 14.5. The van der Waals surface area contributed by atoms with Crippen LogP contribution in [0.5, 0.6) is 0 Å². The number of aliphatic carboxylic acids is 1. The number of carboxylic acids is 1. The van der Waals surface area contributed by atoms with Gasteiger partial charge in [0.1, 0.15) is 0 Å². The predicted molar refractivity (Wildman–Crippen MR) is 73.5 cm³/mol. The molecule has 0 radical (unpaired) electrons. The van der Waals surface area contributed by atoms with E-state index in [4.69, 9.17) is 9.84 Å². The Morgan fingerprint density at radius 1 is 1.30 bits per heavy atom. The van der Waals surface area contributed by atoms with Crippen molar-refractivity contribution in [1.82, 2.24) is 5.32 Å². The summed E-state index contributed by atoms with van der Waals surface area (Å²) in [5.41, 5.74) is 0.975. The molecule has 0 unspecified atom stereocenters. The second-order valence-electron chi connectivity index (χ2n) is 5.29. The molecule has 5 nitrogen and oxygen atoms in total. The van der Waals surface area contributed by atoms with Crippen molar-refractivity contribution in [3.05, 3.63) is 35.4 Å². The fourth-order valence-electron chi connectivity index (χ4n) is 2.47. The summed E-state index contributed by atoms with van der Waals surface area (Å²) in [6.45, 7) is 0.505. The SMILES string of the molecule is COCc1ccc(C(=O)NC2(CC(=O)O)CCC2)cc1. The maximum Gasteiger partial charge on any atom is 0.305 e. The van der Waals surface area contributed by atoms with Gasteiger partial charge in [-0.2, -0.15) is 0 Å². The molecule has 1 fully saturated rings. The number of benzene rings is 1. The molecule has 0 bridgehead atoms. The number of hydrogen-bond acceptors (Lipinski definition) is 3. The number of ether oxygens (including phenoxy) is 1. The van der Waals surface area contributed by atoms with Crippen molar-refractivity contribution in [2.75, 3.05) is 7.11 Å². The smallest absolute Gasteiger partial charge is 0.305 e. The van der Waals surface area contributed by atoms with E-state index in [1.807, 2.05) is 12.1 Å². The van der Waals surface area contributed by atoms with E-state index in [1.165, 1.54) is 0 Å². The number of carboxylic acid groups (broad SMARTS) is 1. The molecule has 0 spiro atoms. The molecule has 1 aliphatic carbocycles. The zero-order chi connectivity index (χ0) is 14.6. The first-order chi connectivity index (χ1) is 9.54. The van der Waals surface area contributed by atoms with Crippen LogP contribution in [0.4, 0.5) is 0 Å². The van der Waals surface area contributed by atoms with Crippen LogP contribution in [0.2, 0.25) is 0 Å². The summed E-state index contributed by atoms with van der Waals surface area (Å²) in [5, 5.41) is 11.8. The zero-order valence-electron chi connectivity index (χ0n) is 11.5. The largest absolute Gasteiger partial charge is 0.481 e. The van der Waals surface area contributed by atoms with E-state index in [0.717, 1.165) is 24.8 Å². The first-order valence-electron chi connectivity index (χ1n) is 6.67. The maximum absolute atomic E-state index is 12.2. The van der Waals surface area contributed by atoms with Crippen LogP contribution in [-0.2, 0) is 16.1 Å². The summed E-state index contributed by atoms with van der Waals surface area (Å²) in [7, 11) is 1.62. The first-order valence-corrected chi connectivity index (χ1v) is 6.67. The molecule has 1 amide bonds. The summed E-state index contributed by atoms with van der Waals surface area (Å²) in [5.74, 6) is -1.09. The van der Waals surface area contributed by atoms with Crippen LogP contribution in [0.1, 0.15) is 41.6 Å². The van der Waals surface area contributed by atoms with Gasteiger partial charge in [-0.15, -0.1) is 0 Å². The van der Waals surface area contributed by atoms with E-state index in [0.29, 0.717) is 12.2 Å². The molecule has 1 aliphatic rings. The van der Waals surface area contributed by atoms with Crippen LogP contribution >= 0.6 is 0 Å². The summed E-state index contributed by atoms with van der Waals surface area (Å²) >= 11 is 0. The topological polar surface area (TPSA) is 75.6 Å². The van der Waals surface area contributed by atoms with Crippen LogP contribution in [0.25, 0.3) is 0 Å². The Kier molecular flexibility index (Phi) is 4.39. The number of nitrogens with one attached hydrogen (secondary N) is 1. The standard InChI is InChI=1S/C15H19NO4/c1-20-10-11-3-5-12(6-4-11)14(19)16-15(7-2-8-15)9-13(17)18/h3-6H,2,7-10H2,1H3,(H,16,19)(H,17,18). The molecule has 0 aromatic heterocycles. The minimum atomic E-state index is -0.875. The Morgan fingerprint density at radius 2 is 1.95 bits per heavy atom. The molecule has 1 aromatic rings. The number of carbonyl (C=O) groups is 2. The van der Waals surface area contributed by atoms with Gasteiger partial charge in [0.2, 0.25) is 0 Å².